The number of carbonyl (C=O) groups is 1. The van der Waals surface area contributed by atoms with Crippen LogP contribution in [0.2, 0.25) is 0 Å². The number of nitrogens with one attached hydrogen (secondary N) is 1. The number of carbonyl (C=O) groups excluding carboxylic acids is 1. The second kappa shape index (κ2) is 4.07. The van der Waals surface area contributed by atoms with Crippen molar-refractivity contribution < 1.29 is 4.79 Å². The molecule has 0 radical (unpaired) electrons. The first kappa shape index (κ1) is 12.2. The van der Waals surface area contributed by atoms with Gasteiger partial charge >= 0.3 is 0 Å². The topological polar surface area (TPSA) is 55.1 Å². The maximum atomic E-state index is 11.9. The molecule has 2 aliphatic carbocycles. The Kier molecular flexibility index (Phi) is 2.75. The molecule has 0 unspecified atom stereocenters. The summed E-state index contributed by atoms with van der Waals surface area (Å²) >= 11 is 3.50. The number of hydrogen-bond donors (Lipinski definition) is 2. The van der Waals surface area contributed by atoms with Crippen LogP contribution in [0.25, 0.3) is 0 Å². The average molecular weight is 309 g/mol. The molecule has 2 aliphatic rings. The minimum Gasteiger partial charge on any atom is -0.354 e. The first-order valence-electron chi connectivity index (χ1n) is 6.37. The fourth-order valence-corrected chi connectivity index (χ4v) is 2.72. The second-order valence-corrected chi connectivity index (χ2v) is 6.55. The van der Waals surface area contributed by atoms with E-state index < -0.39 is 5.54 Å². The molecule has 0 aliphatic heterocycles. The zero-order chi connectivity index (χ0) is 12.8. The molecule has 0 aromatic heterocycles. The van der Waals surface area contributed by atoms with E-state index in [1.807, 2.05) is 12.1 Å². The Labute approximate surface area is 115 Å². The van der Waals surface area contributed by atoms with Crippen LogP contribution in [0, 0.1) is 0 Å². The highest BCUT2D eigenvalue weighted by atomic mass is 79.9. The average Bonchev–Trinajstić information content (AvgIpc) is 3.24. The molecule has 3 rings (SSSR count). The third kappa shape index (κ3) is 2.19. The van der Waals surface area contributed by atoms with Crippen molar-refractivity contribution >= 4 is 21.8 Å². The first-order valence-corrected chi connectivity index (χ1v) is 7.17. The first-order chi connectivity index (χ1) is 8.54. The van der Waals surface area contributed by atoms with Gasteiger partial charge in [-0.25, -0.2) is 0 Å². The van der Waals surface area contributed by atoms with Crippen molar-refractivity contribution in [1.29, 1.82) is 0 Å². The fourth-order valence-electron chi connectivity index (χ4n) is 2.32. The van der Waals surface area contributed by atoms with Gasteiger partial charge in [-0.1, -0.05) is 28.1 Å². The molecule has 0 saturated heterocycles. The molecule has 1 aromatic carbocycles. The Morgan fingerprint density at radius 3 is 2.61 bits per heavy atom. The van der Waals surface area contributed by atoms with E-state index in [9.17, 15) is 4.79 Å². The van der Waals surface area contributed by atoms with Gasteiger partial charge in [0.2, 0.25) is 5.91 Å². The summed E-state index contributed by atoms with van der Waals surface area (Å²) in [4.78, 5) is 11.9. The van der Waals surface area contributed by atoms with Gasteiger partial charge in [-0.2, -0.15) is 0 Å². The maximum Gasteiger partial charge on any atom is 0.240 e. The Hall–Kier alpha value is -0.870. The van der Waals surface area contributed by atoms with Crippen molar-refractivity contribution in [1.82, 2.24) is 5.32 Å². The molecule has 1 amide bonds. The van der Waals surface area contributed by atoms with E-state index in [1.54, 1.807) is 0 Å². The normalized spacial score (nSPS) is 22.3. The van der Waals surface area contributed by atoms with E-state index in [0.29, 0.717) is 6.54 Å². The molecule has 3 nitrogen and oxygen atoms in total. The quantitative estimate of drug-likeness (QED) is 0.895. The van der Waals surface area contributed by atoms with Crippen LogP contribution in [0.5, 0.6) is 0 Å². The lowest BCUT2D eigenvalue weighted by atomic mass is 9.96. The molecular formula is C14H17BrN2O. The molecule has 18 heavy (non-hydrogen) atoms. The Balaban J connectivity index is 1.67. The van der Waals surface area contributed by atoms with E-state index in [-0.39, 0.29) is 11.3 Å². The van der Waals surface area contributed by atoms with Crippen LogP contribution in [-0.4, -0.2) is 18.0 Å². The number of nitrogens with two attached hydrogens (primary N) is 1. The summed E-state index contributed by atoms with van der Waals surface area (Å²) in [5, 5.41) is 3.03. The van der Waals surface area contributed by atoms with Crippen molar-refractivity contribution in [3.63, 3.8) is 0 Å². The van der Waals surface area contributed by atoms with Crippen LogP contribution in [0.3, 0.4) is 0 Å². The van der Waals surface area contributed by atoms with Crippen LogP contribution >= 0.6 is 15.9 Å². The zero-order valence-electron chi connectivity index (χ0n) is 10.2. The maximum absolute atomic E-state index is 11.9. The summed E-state index contributed by atoms with van der Waals surface area (Å²) in [7, 11) is 0. The van der Waals surface area contributed by atoms with Crippen molar-refractivity contribution in [2.75, 3.05) is 6.54 Å². The minimum atomic E-state index is -0.562. The molecule has 0 atom stereocenters. The lowest BCUT2D eigenvalue weighted by molar-refractivity contribution is -0.123. The third-order valence-electron chi connectivity index (χ3n) is 4.12. The lowest BCUT2D eigenvalue weighted by Crippen LogP contribution is -2.45. The Morgan fingerprint density at radius 2 is 2.06 bits per heavy atom. The molecule has 0 heterocycles. The van der Waals surface area contributed by atoms with Crippen LogP contribution < -0.4 is 11.1 Å². The third-order valence-corrected chi connectivity index (χ3v) is 4.61. The predicted molar refractivity (Wildman–Crippen MR) is 74.2 cm³/mol. The van der Waals surface area contributed by atoms with Crippen LogP contribution in [0.1, 0.15) is 31.2 Å². The van der Waals surface area contributed by atoms with Crippen LogP contribution in [-0.2, 0) is 10.2 Å². The number of halogens is 1. The van der Waals surface area contributed by atoms with Crippen molar-refractivity contribution in [2.45, 2.75) is 36.6 Å². The van der Waals surface area contributed by atoms with Gasteiger partial charge in [-0.05, 0) is 43.4 Å². The highest BCUT2D eigenvalue weighted by molar-refractivity contribution is 9.10. The van der Waals surface area contributed by atoms with Gasteiger partial charge in [-0.15, -0.1) is 0 Å². The van der Waals surface area contributed by atoms with E-state index in [4.69, 9.17) is 5.73 Å². The minimum absolute atomic E-state index is 0.0174. The van der Waals surface area contributed by atoms with Crippen LogP contribution in [0.4, 0.5) is 0 Å². The summed E-state index contributed by atoms with van der Waals surface area (Å²) in [6.45, 7) is 0.710. The number of hydrogen-bond acceptors (Lipinski definition) is 2. The molecular weight excluding hydrogens is 292 g/mol. The molecule has 2 saturated carbocycles. The standard InChI is InChI=1S/C14H17BrN2O/c15-11-3-1-2-10(8-11)13(4-5-13)9-17-12(18)14(16)6-7-14/h1-3,8H,4-7,9,16H2,(H,17,18). The van der Waals surface area contributed by atoms with Crippen molar-refractivity contribution in [2.24, 2.45) is 5.73 Å². The van der Waals surface area contributed by atoms with Gasteiger partial charge in [0.1, 0.15) is 0 Å². The molecule has 96 valence electrons. The summed E-state index contributed by atoms with van der Waals surface area (Å²) in [6.07, 6.45) is 3.92. The molecule has 0 bridgehead atoms. The van der Waals surface area contributed by atoms with Gasteiger partial charge in [-0.3, -0.25) is 4.79 Å². The number of benzene rings is 1. The molecule has 4 heteroatoms. The summed E-state index contributed by atoms with van der Waals surface area (Å²) in [5.74, 6) is 0.0174. The highest BCUT2D eigenvalue weighted by Crippen LogP contribution is 2.48. The van der Waals surface area contributed by atoms with Gasteiger partial charge in [0.15, 0.2) is 0 Å². The predicted octanol–water partition coefficient (Wildman–Crippen LogP) is 2.09. The van der Waals surface area contributed by atoms with Gasteiger partial charge in [0.05, 0.1) is 5.54 Å². The summed E-state index contributed by atoms with van der Waals surface area (Å²) in [6, 6.07) is 8.36. The zero-order valence-corrected chi connectivity index (χ0v) is 11.8. The summed E-state index contributed by atoms with van der Waals surface area (Å²) in [5.41, 5.74) is 6.77. The SMILES string of the molecule is NC1(C(=O)NCC2(c3cccc(Br)c3)CC2)CC1. The van der Waals surface area contributed by atoms with Crippen molar-refractivity contribution in [3.8, 4) is 0 Å². The largest absolute Gasteiger partial charge is 0.354 e. The lowest BCUT2D eigenvalue weighted by Gasteiger charge is -2.18. The Bertz CT molecular complexity index is 492. The molecule has 2 fully saturated rings. The monoisotopic (exact) mass is 308 g/mol. The number of amides is 1. The summed E-state index contributed by atoms with van der Waals surface area (Å²) < 4.78 is 1.09. The van der Waals surface area contributed by atoms with E-state index in [2.05, 4.69) is 33.4 Å². The van der Waals surface area contributed by atoms with E-state index in [1.165, 1.54) is 5.56 Å². The Morgan fingerprint density at radius 1 is 1.33 bits per heavy atom. The van der Waals surface area contributed by atoms with E-state index >= 15 is 0 Å². The molecule has 0 spiro atoms. The molecule has 3 N–H and O–H groups in total. The fraction of sp³-hybridized carbons (Fsp3) is 0.500. The van der Waals surface area contributed by atoms with Crippen molar-refractivity contribution in [3.05, 3.63) is 34.3 Å². The number of rotatable bonds is 4. The van der Waals surface area contributed by atoms with Gasteiger partial charge in [0.25, 0.3) is 0 Å². The highest BCUT2D eigenvalue weighted by Gasteiger charge is 2.49. The smallest absolute Gasteiger partial charge is 0.240 e. The second-order valence-electron chi connectivity index (χ2n) is 5.63. The van der Waals surface area contributed by atoms with Gasteiger partial charge < -0.3 is 11.1 Å². The van der Waals surface area contributed by atoms with Gasteiger partial charge in [0, 0.05) is 16.4 Å². The molecule has 1 aromatic rings. The van der Waals surface area contributed by atoms with E-state index in [0.717, 1.165) is 30.2 Å². The van der Waals surface area contributed by atoms with Crippen LogP contribution in [0.15, 0.2) is 28.7 Å².